The highest BCUT2D eigenvalue weighted by Gasteiger charge is 2.16. The molecule has 0 saturated heterocycles. The number of aromatic nitrogens is 3. The first-order chi connectivity index (χ1) is 14.5. The number of ether oxygens (including phenoxy) is 1. The molecule has 0 bridgehead atoms. The molecule has 1 aromatic heterocycles. The topological polar surface area (TPSA) is 86.1 Å². The Morgan fingerprint density at radius 2 is 1.83 bits per heavy atom. The lowest BCUT2D eigenvalue weighted by Crippen LogP contribution is -2.12. The molecule has 1 N–H and O–H groups in total. The van der Waals surface area contributed by atoms with Gasteiger partial charge in [0.05, 0.1) is 12.7 Å². The Bertz CT molecular complexity index is 1030. The van der Waals surface area contributed by atoms with Gasteiger partial charge >= 0.3 is 0 Å². The van der Waals surface area contributed by atoms with Gasteiger partial charge in [0.15, 0.2) is 16.8 Å². The molecule has 30 heavy (non-hydrogen) atoms. The number of rotatable bonds is 9. The zero-order valence-corrected chi connectivity index (χ0v) is 18.0. The van der Waals surface area contributed by atoms with E-state index in [1.807, 2.05) is 35.8 Å². The van der Waals surface area contributed by atoms with Gasteiger partial charge in [-0.25, -0.2) is 0 Å². The number of ketones is 1. The van der Waals surface area contributed by atoms with E-state index >= 15 is 0 Å². The maximum absolute atomic E-state index is 12.2. The van der Waals surface area contributed by atoms with Crippen LogP contribution in [0.15, 0.2) is 53.7 Å². The molecule has 0 aliphatic heterocycles. The van der Waals surface area contributed by atoms with Crippen LogP contribution in [0.25, 0.3) is 11.4 Å². The van der Waals surface area contributed by atoms with Gasteiger partial charge < -0.3 is 14.6 Å². The summed E-state index contributed by atoms with van der Waals surface area (Å²) >= 11 is 1.49. The van der Waals surface area contributed by atoms with Crippen LogP contribution in [-0.4, -0.2) is 39.3 Å². The van der Waals surface area contributed by atoms with Crippen LogP contribution >= 0.6 is 11.8 Å². The number of thioether (sulfide) groups is 1. The summed E-state index contributed by atoms with van der Waals surface area (Å²) in [6.07, 6.45) is 0.333. The third-order valence-electron chi connectivity index (χ3n) is 4.52. The van der Waals surface area contributed by atoms with E-state index in [2.05, 4.69) is 15.5 Å². The first kappa shape index (κ1) is 21.6. The molecule has 2 aromatic carbocycles. The Morgan fingerprint density at radius 3 is 2.50 bits per heavy atom. The minimum absolute atomic E-state index is 0.00296. The minimum Gasteiger partial charge on any atom is -0.496 e. The molecule has 3 aromatic rings. The summed E-state index contributed by atoms with van der Waals surface area (Å²) in [4.78, 5) is 23.6. The van der Waals surface area contributed by atoms with Crippen molar-refractivity contribution in [1.82, 2.24) is 14.8 Å². The van der Waals surface area contributed by atoms with E-state index in [1.165, 1.54) is 18.7 Å². The van der Waals surface area contributed by atoms with Gasteiger partial charge in [0, 0.05) is 30.0 Å². The summed E-state index contributed by atoms with van der Waals surface area (Å²) in [5, 5.41) is 12.2. The number of nitrogens with zero attached hydrogens (tertiary/aromatic N) is 3. The summed E-state index contributed by atoms with van der Waals surface area (Å²) in [5.74, 6) is 1.96. The van der Waals surface area contributed by atoms with Gasteiger partial charge in [-0.15, -0.1) is 10.2 Å². The van der Waals surface area contributed by atoms with Crippen LogP contribution in [0.2, 0.25) is 0 Å². The van der Waals surface area contributed by atoms with Crippen LogP contribution in [0.4, 0.5) is 5.69 Å². The number of methoxy groups -OCH3 is 1. The lowest BCUT2D eigenvalue weighted by Gasteiger charge is -2.10. The number of hydrogen-bond acceptors (Lipinski definition) is 6. The number of benzene rings is 2. The SMILES string of the molecule is CCn1c(SCCC(=O)Nc2ccc(C(C)=O)cc2)nnc1-c1ccccc1OC. The molecule has 0 atom stereocenters. The summed E-state index contributed by atoms with van der Waals surface area (Å²) in [6, 6.07) is 14.6. The number of Topliss-reactive ketones (excluding diaryl/α,β-unsaturated/α-hetero) is 1. The van der Waals surface area contributed by atoms with Gasteiger partial charge in [-0.3, -0.25) is 9.59 Å². The molecule has 3 rings (SSSR count). The van der Waals surface area contributed by atoms with E-state index in [0.717, 1.165) is 22.3 Å². The van der Waals surface area contributed by atoms with Crippen LogP contribution in [0.1, 0.15) is 30.6 Å². The van der Waals surface area contributed by atoms with Crippen molar-refractivity contribution in [3.05, 3.63) is 54.1 Å². The molecule has 156 valence electrons. The predicted molar refractivity (Wildman–Crippen MR) is 118 cm³/mol. The fourth-order valence-electron chi connectivity index (χ4n) is 2.96. The van der Waals surface area contributed by atoms with Crippen molar-refractivity contribution in [2.24, 2.45) is 0 Å². The van der Waals surface area contributed by atoms with E-state index in [-0.39, 0.29) is 11.7 Å². The van der Waals surface area contributed by atoms with E-state index < -0.39 is 0 Å². The number of anilines is 1. The van der Waals surface area contributed by atoms with Crippen LogP contribution < -0.4 is 10.1 Å². The Kier molecular flexibility index (Phi) is 7.24. The van der Waals surface area contributed by atoms with Crippen molar-refractivity contribution < 1.29 is 14.3 Å². The van der Waals surface area contributed by atoms with Crippen molar-refractivity contribution in [2.75, 3.05) is 18.2 Å². The summed E-state index contributed by atoms with van der Waals surface area (Å²) in [6.45, 7) is 4.25. The van der Waals surface area contributed by atoms with E-state index in [4.69, 9.17) is 4.74 Å². The lowest BCUT2D eigenvalue weighted by atomic mass is 10.1. The fraction of sp³-hybridized carbons (Fsp3) is 0.273. The highest BCUT2D eigenvalue weighted by Crippen LogP contribution is 2.30. The quantitative estimate of drug-likeness (QED) is 0.407. The van der Waals surface area contributed by atoms with E-state index in [0.29, 0.717) is 30.0 Å². The Balaban J connectivity index is 1.60. The van der Waals surface area contributed by atoms with Crippen molar-refractivity contribution in [3.63, 3.8) is 0 Å². The summed E-state index contributed by atoms with van der Waals surface area (Å²) in [5.41, 5.74) is 2.17. The molecule has 1 heterocycles. The third kappa shape index (κ3) is 5.07. The Morgan fingerprint density at radius 1 is 1.10 bits per heavy atom. The van der Waals surface area contributed by atoms with Crippen molar-refractivity contribution >= 4 is 29.1 Å². The molecule has 0 saturated carbocycles. The average molecular weight is 425 g/mol. The van der Waals surface area contributed by atoms with E-state index in [1.54, 1.807) is 31.4 Å². The lowest BCUT2D eigenvalue weighted by molar-refractivity contribution is -0.115. The molecular formula is C22H24N4O3S. The molecule has 0 radical (unpaired) electrons. The van der Waals surface area contributed by atoms with Gasteiger partial charge in [-0.05, 0) is 50.2 Å². The first-order valence-corrected chi connectivity index (χ1v) is 10.6. The monoisotopic (exact) mass is 424 g/mol. The highest BCUT2D eigenvalue weighted by molar-refractivity contribution is 7.99. The van der Waals surface area contributed by atoms with E-state index in [9.17, 15) is 9.59 Å². The van der Waals surface area contributed by atoms with Crippen molar-refractivity contribution in [2.45, 2.75) is 32.0 Å². The van der Waals surface area contributed by atoms with Crippen LogP contribution in [0, 0.1) is 0 Å². The Hall–Kier alpha value is -3.13. The average Bonchev–Trinajstić information content (AvgIpc) is 3.16. The smallest absolute Gasteiger partial charge is 0.225 e. The number of carbonyl (C=O) groups excluding carboxylic acids is 2. The van der Waals surface area contributed by atoms with Crippen LogP contribution in [0.3, 0.4) is 0 Å². The third-order valence-corrected chi connectivity index (χ3v) is 5.48. The molecule has 1 amide bonds. The predicted octanol–water partition coefficient (Wildman–Crippen LogP) is 4.30. The number of hydrogen-bond donors (Lipinski definition) is 1. The molecule has 0 fully saturated rings. The van der Waals surface area contributed by atoms with Gasteiger partial charge in [0.1, 0.15) is 5.75 Å². The molecular weight excluding hydrogens is 400 g/mol. The molecule has 8 heteroatoms. The molecule has 0 aliphatic rings. The maximum Gasteiger partial charge on any atom is 0.225 e. The van der Waals surface area contributed by atoms with Gasteiger partial charge in [-0.1, -0.05) is 23.9 Å². The van der Waals surface area contributed by atoms with Crippen LogP contribution in [0.5, 0.6) is 5.75 Å². The zero-order valence-electron chi connectivity index (χ0n) is 17.2. The van der Waals surface area contributed by atoms with Gasteiger partial charge in [0.2, 0.25) is 5.91 Å². The standard InChI is InChI=1S/C22H24N4O3S/c1-4-26-21(18-7-5-6-8-19(18)29-3)24-25-22(26)30-14-13-20(28)23-17-11-9-16(10-12-17)15(2)27/h5-12H,4,13-14H2,1-3H3,(H,23,28). The molecule has 7 nitrogen and oxygen atoms in total. The van der Waals surface area contributed by atoms with Crippen LogP contribution in [-0.2, 0) is 11.3 Å². The van der Waals surface area contributed by atoms with Crippen molar-refractivity contribution in [3.8, 4) is 17.1 Å². The number of amides is 1. The first-order valence-electron chi connectivity index (χ1n) is 9.63. The molecule has 0 spiro atoms. The summed E-state index contributed by atoms with van der Waals surface area (Å²) in [7, 11) is 1.63. The number of para-hydroxylation sites is 1. The maximum atomic E-state index is 12.2. The Labute approximate surface area is 179 Å². The largest absolute Gasteiger partial charge is 0.496 e. The second-order valence-corrected chi connectivity index (χ2v) is 7.59. The zero-order chi connectivity index (χ0) is 21.5. The number of nitrogens with one attached hydrogen (secondary N) is 1. The van der Waals surface area contributed by atoms with Gasteiger partial charge in [-0.2, -0.15) is 0 Å². The normalized spacial score (nSPS) is 10.6. The molecule has 0 unspecified atom stereocenters. The fourth-order valence-corrected chi connectivity index (χ4v) is 3.90. The van der Waals surface area contributed by atoms with Gasteiger partial charge in [0.25, 0.3) is 0 Å². The second kappa shape index (κ2) is 10.1. The van der Waals surface area contributed by atoms with Crippen molar-refractivity contribution in [1.29, 1.82) is 0 Å². The minimum atomic E-state index is -0.0920. The second-order valence-electron chi connectivity index (χ2n) is 6.53. The number of carbonyl (C=O) groups is 2. The molecule has 0 aliphatic carbocycles. The highest BCUT2D eigenvalue weighted by atomic mass is 32.2. The summed E-state index contributed by atoms with van der Waals surface area (Å²) < 4.78 is 7.45.